The molecule has 0 fully saturated rings. The van der Waals surface area contributed by atoms with Crippen molar-refractivity contribution in [2.75, 3.05) is 0 Å². The summed E-state index contributed by atoms with van der Waals surface area (Å²) >= 11 is 5.67. The highest BCUT2D eigenvalue weighted by Crippen LogP contribution is 2.19. The Bertz CT molecular complexity index is 594. The first-order valence-electron chi connectivity index (χ1n) is 5.41. The summed E-state index contributed by atoms with van der Waals surface area (Å²) in [4.78, 5) is 23.1. The van der Waals surface area contributed by atoms with Crippen LogP contribution in [0.3, 0.4) is 0 Å². The van der Waals surface area contributed by atoms with Crippen molar-refractivity contribution in [1.29, 1.82) is 0 Å². The normalized spacial score (nSPS) is 11.8. The Morgan fingerprint density at radius 3 is 2.42 bits per heavy atom. The van der Waals surface area contributed by atoms with Crippen LogP contribution in [0.1, 0.15) is 22.0 Å². The number of benzene rings is 1. The summed E-state index contributed by atoms with van der Waals surface area (Å²) < 4.78 is 4.79. The van der Waals surface area contributed by atoms with Crippen molar-refractivity contribution in [2.45, 2.75) is 6.04 Å². The van der Waals surface area contributed by atoms with Gasteiger partial charge in [0, 0.05) is 0 Å². The molecule has 1 aromatic heterocycles. The molecule has 19 heavy (non-hydrogen) atoms. The Morgan fingerprint density at radius 2 is 1.89 bits per heavy atom. The van der Waals surface area contributed by atoms with Crippen LogP contribution in [-0.2, 0) is 4.79 Å². The Balaban J connectivity index is 2.21. The number of rotatable bonds is 4. The SMILES string of the molecule is O=C(N[C@H](C(=O)O)c1ccccc1)c1ccoc1Cl. The van der Waals surface area contributed by atoms with Gasteiger partial charge in [0.25, 0.3) is 5.91 Å². The predicted octanol–water partition coefficient (Wildman–Crippen LogP) is 2.49. The van der Waals surface area contributed by atoms with E-state index >= 15 is 0 Å². The van der Waals surface area contributed by atoms with Gasteiger partial charge in [0.1, 0.15) is 0 Å². The molecule has 0 aliphatic heterocycles. The van der Waals surface area contributed by atoms with Gasteiger partial charge in [0.15, 0.2) is 6.04 Å². The number of hydrogen-bond acceptors (Lipinski definition) is 3. The van der Waals surface area contributed by atoms with Crippen LogP contribution in [0.2, 0.25) is 5.22 Å². The van der Waals surface area contributed by atoms with Crippen LogP contribution in [0.4, 0.5) is 0 Å². The molecular formula is C13H10ClNO4. The molecule has 2 N–H and O–H groups in total. The van der Waals surface area contributed by atoms with Crippen LogP contribution in [0.5, 0.6) is 0 Å². The quantitative estimate of drug-likeness (QED) is 0.901. The molecule has 5 nitrogen and oxygen atoms in total. The minimum absolute atomic E-state index is 0.0744. The summed E-state index contributed by atoms with van der Waals surface area (Å²) in [5.41, 5.74) is 0.576. The molecule has 0 saturated heterocycles. The molecule has 1 amide bonds. The maximum atomic E-state index is 11.9. The number of nitrogens with one attached hydrogen (secondary N) is 1. The molecule has 1 atom stereocenters. The van der Waals surface area contributed by atoms with Crippen molar-refractivity contribution in [3.63, 3.8) is 0 Å². The van der Waals surface area contributed by atoms with Crippen LogP contribution in [0.25, 0.3) is 0 Å². The van der Waals surface area contributed by atoms with Crippen molar-refractivity contribution >= 4 is 23.5 Å². The Labute approximate surface area is 113 Å². The molecule has 2 rings (SSSR count). The summed E-state index contributed by atoms with van der Waals surface area (Å²) in [5.74, 6) is -1.76. The molecule has 2 aromatic rings. The molecule has 1 heterocycles. The molecule has 0 aliphatic carbocycles. The average Bonchev–Trinajstić information content (AvgIpc) is 2.82. The molecule has 1 aromatic carbocycles. The third-order valence-corrected chi connectivity index (χ3v) is 2.81. The molecule has 0 radical (unpaired) electrons. The van der Waals surface area contributed by atoms with Crippen LogP contribution < -0.4 is 5.32 Å². The van der Waals surface area contributed by atoms with Crippen LogP contribution in [-0.4, -0.2) is 17.0 Å². The Hall–Kier alpha value is -2.27. The van der Waals surface area contributed by atoms with Gasteiger partial charge in [-0.2, -0.15) is 0 Å². The number of carbonyl (C=O) groups excluding carboxylic acids is 1. The van der Waals surface area contributed by atoms with Gasteiger partial charge in [-0.1, -0.05) is 30.3 Å². The molecule has 0 aliphatic rings. The summed E-state index contributed by atoms with van der Waals surface area (Å²) in [6, 6.07) is 8.63. The van der Waals surface area contributed by atoms with E-state index in [1.165, 1.54) is 12.3 Å². The summed E-state index contributed by atoms with van der Waals surface area (Å²) in [7, 11) is 0. The molecule has 0 bridgehead atoms. The molecule has 98 valence electrons. The number of carbonyl (C=O) groups is 2. The van der Waals surface area contributed by atoms with Gasteiger partial charge >= 0.3 is 5.97 Å². The number of carboxylic acid groups (broad SMARTS) is 1. The van der Waals surface area contributed by atoms with Gasteiger partial charge in [-0.15, -0.1) is 0 Å². The number of furan rings is 1. The minimum atomic E-state index is -1.15. The standard InChI is InChI=1S/C13H10ClNO4/c14-11-9(6-7-19-11)12(16)15-10(13(17)18)8-4-2-1-3-5-8/h1-7,10H,(H,15,16)(H,17,18)/t10-/m0/s1. The predicted molar refractivity (Wildman–Crippen MR) is 68.0 cm³/mol. The second kappa shape index (κ2) is 5.58. The molecule has 0 saturated carbocycles. The number of hydrogen-bond donors (Lipinski definition) is 2. The maximum absolute atomic E-state index is 11.9. The first-order valence-corrected chi connectivity index (χ1v) is 5.79. The molecular weight excluding hydrogens is 270 g/mol. The monoisotopic (exact) mass is 279 g/mol. The first-order chi connectivity index (χ1) is 9.09. The van der Waals surface area contributed by atoms with E-state index < -0.39 is 17.9 Å². The zero-order valence-electron chi connectivity index (χ0n) is 9.67. The fourth-order valence-electron chi connectivity index (χ4n) is 1.60. The van der Waals surface area contributed by atoms with Crippen molar-refractivity contribution in [2.24, 2.45) is 0 Å². The molecule has 0 spiro atoms. The lowest BCUT2D eigenvalue weighted by Crippen LogP contribution is -2.33. The van der Waals surface area contributed by atoms with E-state index in [0.29, 0.717) is 5.56 Å². The van der Waals surface area contributed by atoms with Gasteiger partial charge in [0.05, 0.1) is 11.8 Å². The third kappa shape index (κ3) is 2.95. The highest BCUT2D eigenvalue weighted by molar-refractivity contribution is 6.32. The molecule has 0 unspecified atom stereocenters. The van der Waals surface area contributed by atoms with Crippen molar-refractivity contribution in [3.05, 3.63) is 59.0 Å². The van der Waals surface area contributed by atoms with Crippen molar-refractivity contribution in [1.82, 2.24) is 5.32 Å². The zero-order valence-corrected chi connectivity index (χ0v) is 10.4. The van der Waals surface area contributed by atoms with Crippen LogP contribution in [0.15, 0.2) is 47.1 Å². The lowest BCUT2D eigenvalue weighted by molar-refractivity contribution is -0.139. The van der Waals surface area contributed by atoms with E-state index in [1.807, 2.05) is 0 Å². The second-order valence-corrected chi connectivity index (χ2v) is 4.11. The number of carboxylic acids is 1. The van der Waals surface area contributed by atoms with Gasteiger partial charge in [0.2, 0.25) is 5.22 Å². The highest BCUT2D eigenvalue weighted by atomic mass is 35.5. The topological polar surface area (TPSA) is 79.5 Å². The van der Waals surface area contributed by atoms with Gasteiger partial charge in [-0.3, -0.25) is 4.79 Å². The second-order valence-electron chi connectivity index (χ2n) is 3.76. The number of halogens is 1. The number of aliphatic carboxylic acids is 1. The molecule has 6 heteroatoms. The number of amides is 1. The summed E-state index contributed by atoms with van der Waals surface area (Å²) in [6.45, 7) is 0. The lowest BCUT2D eigenvalue weighted by Gasteiger charge is -2.14. The minimum Gasteiger partial charge on any atom is -0.479 e. The van der Waals surface area contributed by atoms with E-state index in [1.54, 1.807) is 30.3 Å². The zero-order chi connectivity index (χ0) is 13.8. The van der Waals surface area contributed by atoms with E-state index in [0.717, 1.165) is 0 Å². The summed E-state index contributed by atoms with van der Waals surface area (Å²) in [5, 5.41) is 11.5. The Kier molecular flexibility index (Phi) is 3.87. The van der Waals surface area contributed by atoms with Gasteiger partial charge in [-0.25, -0.2) is 4.79 Å². The fraction of sp³-hybridized carbons (Fsp3) is 0.0769. The van der Waals surface area contributed by atoms with E-state index in [4.69, 9.17) is 16.0 Å². The fourth-order valence-corrected chi connectivity index (χ4v) is 1.80. The largest absolute Gasteiger partial charge is 0.479 e. The summed E-state index contributed by atoms with van der Waals surface area (Å²) in [6.07, 6.45) is 1.26. The van der Waals surface area contributed by atoms with E-state index in [9.17, 15) is 14.7 Å². The van der Waals surface area contributed by atoms with Gasteiger partial charge < -0.3 is 14.8 Å². The Morgan fingerprint density at radius 1 is 1.21 bits per heavy atom. The van der Waals surface area contributed by atoms with Crippen molar-refractivity contribution in [3.8, 4) is 0 Å². The van der Waals surface area contributed by atoms with E-state index in [2.05, 4.69) is 5.32 Å². The lowest BCUT2D eigenvalue weighted by atomic mass is 10.1. The average molecular weight is 280 g/mol. The maximum Gasteiger partial charge on any atom is 0.330 e. The first kappa shape index (κ1) is 13.2. The third-order valence-electron chi connectivity index (χ3n) is 2.52. The van der Waals surface area contributed by atoms with Crippen LogP contribution >= 0.6 is 11.6 Å². The van der Waals surface area contributed by atoms with Crippen molar-refractivity contribution < 1.29 is 19.1 Å². The van der Waals surface area contributed by atoms with E-state index in [-0.39, 0.29) is 10.8 Å². The van der Waals surface area contributed by atoms with Crippen LogP contribution in [0, 0.1) is 0 Å². The van der Waals surface area contributed by atoms with Gasteiger partial charge in [-0.05, 0) is 23.2 Å². The highest BCUT2D eigenvalue weighted by Gasteiger charge is 2.24. The smallest absolute Gasteiger partial charge is 0.330 e.